The lowest BCUT2D eigenvalue weighted by Gasteiger charge is -2.31. The van der Waals surface area contributed by atoms with Gasteiger partial charge < -0.3 is 19.6 Å². The molecule has 0 radical (unpaired) electrons. The van der Waals surface area contributed by atoms with Gasteiger partial charge in [0.25, 0.3) is 0 Å². The zero-order valence-corrected chi connectivity index (χ0v) is 14.8. The van der Waals surface area contributed by atoms with Crippen LogP contribution in [0.2, 0.25) is 0 Å². The lowest BCUT2D eigenvalue weighted by atomic mass is 9.98. The molecule has 134 valence electrons. The summed E-state index contributed by atoms with van der Waals surface area (Å²) < 4.78 is 5.06. The fraction of sp³-hybridized carbons (Fsp3) is 0.500. The van der Waals surface area contributed by atoms with Crippen LogP contribution in [0.25, 0.3) is 0 Å². The Balaban J connectivity index is 1.46. The number of para-hydroxylation sites is 1. The maximum atomic E-state index is 12.4. The summed E-state index contributed by atoms with van der Waals surface area (Å²) in [6.45, 7) is 4.56. The Bertz CT molecular complexity index is 688. The minimum atomic E-state index is -0.0219. The summed E-state index contributed by atoms with van der Waals surface area (Å²) in [6, 6.07) is 10.1. The Kier molecular flexibility index (Phi) is 5.53. The van der Waals surface area contributed by atoms with Crippen molar-refractivity contribution in [3.05, 3.63) is 42.0 Å². The predicted molar refractivity (Wildman–Crippen MR) is 95.7 cm³/mol. The molecule has 3 rings (SSSR count). The molecule has 2 heterocycles. The Morgan fingerprint density at radius 3 is 2.92 bits per heavy atom. The van der Waals surface area contributed by atoms with E-state index in [0.29, 0.717) is 24.8 Å². The van der Waals surface area contributed by atoms with Crippen LogP contribution in [-0.2, 0) is 0 Å². The molecule has 0 unspecified atom stereocenters. The smallest absolute Gasteiger partial charge is 0.317 e. The number of hydrogen-bond donors (Lipinski definition) is 1. The number of rotatable bonds is 5. The number of likely N-dealkylation sites (tertiary alicyclic amines) is 1. The molecule has 7 heteroatoms. The van der Waals surface area contributed by atoms with Crippen LogP contribution in [0.4, 0.5) is 10.5 Å². The minimum absolute atomic E-state index is 0.0219. The molecule has 0 saturated carbocycles. The van der Waals surface area contributed by atoms with Crippen molar-refractivity contribution in [1.29, 1.82) is 0 Å². The topological polar surface area (TPSA) is 74.5 Å². The van der Waals surface area contributed by atoms with Crippen LogP contribution in [0.3, 0.4) is 0 Å². The third-order valence-corrected chi connectivity index (χ3v) is 4.54. The monoisotopic (exact) mass is 343 g/mol. The Labute approximate surface area is 148 Å². The van der Waals surface area contributed by atoms with Gasteiger partial charge in [-0.1, -0.05) is 23.4 Å². The van der Waals surface area contributed by atoms with Crippen LogP contribution in [0.1, 0.15) is 30.5 Å². The summed E-state index contributed by atoms with van der Waals surface area (Å²) in [5.41, 5.74) is 1.14. The van der Waals surface area contributed by atoms with Crippen LogP contribution < -0.4 is 10.2 Å². The number of carbonyl (C=O) groups is 1. The van der Waals surface area contributed by atoms with Gasteiger partial charge in [-0.15, -0.1) is 0 Å². The molecule has 25 heavy (non-hydrogen) atoms. The lowest BCUT2D eigenvalue weighted by molar-refractivity contribution is 0.178. The molecule has 2 amide bonds. The molecular weight excluding hydrogens is 318 g/mol. The van der Waals surface area contributed by atoms with Gasteiger partial charge in [0.2, 0.25) is 5.89 Å². The predicted octanol–water partition coefficient (Wildman–Crippen LogP) is 2.40. The molecule has 7 nitrogen and oxygen atoms in total. The van der Waals surface area contributed by atoms with Gasteiger partial charge in [-0.05, 0) is 25.0 Å². The highest BCUT2D eigenvalue weighted by Crippen LogP contribution is 2.24. The van der Waals surface area contributed by atoms with Gasteiger partial charge >= 0.3 is 6.03 Å². The second kappa shape index (κ2) is 8.00. The van der Waals surface area contributed by atoms with Gasteiger partial charge in [-0.3, -0.25) is 0 Å². The number of urea groups is 1. The van der Waals surface area contributed by atoms with E-state index < -0.39 is 0 Å². The van der Waals surface area contributed by atoms with Crippen molar-refractivity contribution in [2.24, 2.45) is 0 Å². The minimum Gasteiger partial charge on any atom is -0.373 e. The van der Waals surface area contributed by atoms with E-state index in [1.807, 2.05) is 30.1 Å². The summed E-state index contributed by atoms with van der Waals surface area (Å²) in [4.78, 5) is 20.7. The molecule has 0 aliphatic carbocycles. The highest BCUT2D eigenvalue weighted by molar-refractivity contribution is 5.74. The number of anilines is 1. The number of amides is 2. The molecule has 1 aliphatic heterocycles. The van der Waals surface area contributed by atoms with Gasteiger partial charge in [0.05, 0.1) is 0 Å². The molecule has 1 aliphatic rings. The number of aryl methyl sites for hydroxylation is 1. The van der Waals surface area contributed by atoms with Crippen molar-refractivity contribution in [3.63, 3.8) is 0 Å². The maximum Gasteiger partial charge on any atom is 0.317 e. The second-order valence-electron chi connectivity index (χ2n) is 6.45. The van der Waals surface area contributed by atoms with E-state index in [-0.39, 0.29) is 11.9 Å². The zero-order chi connectivity index (χ0) is 17.6. The van der Waals surface area contributed by atoms with Crippen LogP contribution in [0.15, 0.2) is 34.9 Å². The van der Waals surface area contributed by atoms with E-state index >= 15 is 0 Å². The van der Waals surface area contributed by atoms with E-state index in [1.54, 1.807) is 6.92 Å². The van der Waals surface area contributed by atoms with E-state index in [1.165, 1.54) is 0 Å². The van der Waals surface area contributed by atoms with Crippen LogP contribution in [-0.4, -0.2) is 54.3 Å². The summed E-state index contributed by atoms with van der Waals surface area (Å²) in [5.74, 6) is 1.43. The largest absolute Gasteiger partial charge is 0.373 e. The summed E-state index contributed by atoms with van der Waals surface area (Å²) >= 11 is 0. The van der Waals surface area contributed by atoms with E-state index in [4.69, 9.17) is 4.52 Å². The average molecular weight is 343 g/mol. The van der Waals surface area contributed by atoms with Crippen LogP contribution in [0.5, 0.6) is 0 Å². The molecule has 1 aromatic heterocycles. The summed E-state index contributed by atoms with van der Waals surface area (Å²) in [5, 5.41) is 7.01. The van der Waals surface area contributed by atoms with E-state index in [0.717, 1.165) is 31.6 Å². The molecule has 1 fully saturated rings. The first-order valence-corrected chi connectivity index (χ1v) is 8.72. The summed E-state index contributed by atoms with van der Waals surface area (Å²) in [7, 11) is 2.02. The van der Waals surface area contributed by atoms with Crippen molar-refractivity contribution in [1.82, 2.24) is 20.4 Å². The molecular formula is C18H25N5O2. The average Bonchev–Trinajstić information content (AvgIpc) is 3.09. The summed E-state index contributed by atoms with van der Waals surface area (Å²) in [6.07, 6.45) is 1.94. The van der Waals surface area contributed by atoms with Crippen LogP contribution >= 0.6 is 0 Å². The second-order valence-corrected chi connectivity index (χ2v) is 6.45. The highest BCUT2D eigenvalue weighted by Gasteiger charge is 2.27. The maximum absolute atomic E-state index is 12.4. The number of likely N-dealkylation sites (N-methyl/N-ethyl adjacent to an activating group) is 1. The van der Waals surface area contributed by atoms with E-state index in [9.17, 15) is 4.79 Å². The van der Waals surface area contributed by atoms with E-state index in [2.05, 4.69) is 32.5 Å². The fourth-order valence-electron chi connectivity index (χ4n) is 3.11. The van der Waals surface area contributed by atoms with Crippen molar-refractivity contribution in [2.45, 2.75) is 25.7 Å². The lowest BCUT2D eigenvalue weighted by Crippen LogP contribution is -2.46. The Hall–Kier alpha value is -2.57. The van der Waals surface area contributed by atoms with Crippen LogP contribution in [0, 0.1) is 6.92 Å². The number of nitrogens with zero attached hydrogens (tertiary/aromatic N) is 4. The first kappa shape index (κ1) is 17.3. The number of benzene rings is 1. The number of carbonyl (C=O) groups excluding carboxylic acids is 1. The quantitative estimate of drug-likeness (QED) is 0.902. The molecule has 0 bridgehead atoms. The first-order chi connectivity index (χ1) is 12.1. The molecule has 1 atom stereocenters. The SMILES string of the molecule is Cc1nc([C@H]2CCCN(C(=O)NCCN(C)c3ccccc3)C2)no1. The number of nitrogens with one attached hydrogen (secondary N) is 1. The fourth-order valence-corrected chi connectivity index (χ4v) is 3.11. The zero-order valence-electron chi connectivity index (χ0n) is 14.8. The number of piperidine rings is 1. The van der Waals surface area contributed by atoms with Gasteiger partial charge in [0.15, 0.2) is 5.82 Å². The third-order valence-electron chi connectivity index (χ3n) is 4.54. The standard InChI is InChI=1S/C18H25N5O2/c1-14-20-17(21-25-14)15-7-6-11-23(13-15)18(24)19-10-12-22(2)16-8-4-3-5-9-16/h3-5,8-9,15H,6-7,10-13H2,1-2H3,(H,19,24)/t15-/m0/s1. The molecule has 1 aromatic carbocycles. The molecule has 1 saturated heterocycles. The number of hydrogen-bond acceptors (Lipinski definition) is 5. The Morgan fingerprint density at radius 2 is 2.20 bits per heavy atom. The van der Waals surface area contributed by atoms with Crippen molar-refractivity contribution in [3.8, 4) is 0 Å². The van der Waals surface area contributed by atoms with Gasteiger partial charge in [-0.25, -0.2) is 4.79 Å². The number of aromatic nitrogens is 2. The van der Waals surface area contributed by atoms with Crippen molar-refractivity contribution < 1.29 is 9.32 Å². The molecule has 2 aromatic rings. The normalized spacial score (nSPS) is 17.4. The molecule has 1 N–H and O–H groups in total. The highest BCUT2D eigenvalue weighted by atomic mass is 16.5. The van der Waals surface area contributed by atoms with Gasteiger partial charge in [0.1, 0.15) is 0 Å². The third kappa shape index (κ3) is 4.49. The van der Waals surface area contributed by atoms with Crippen molar-refractivity contribution in [2.75, 3.05) is 38.1 Å². The van der Waals surface area contributed by atoms with Gasteiger partial charge in [0, 0.05) is 51.8 Å². The molecule has 0 spiro atoms. The van der Waals surface area contributed by atoms with Crippen molar-refractivity contribution >= 4 is 11.7 Å². The Morgan fingerprint density at radius 1 is 1.40 bits per heavy atom. The van der Waals surface area contributed by atoms with Gasteiger partial charge in [-0.2, -0.15) is 4.98 Å². The first-order valence-electron chi connectivity index (χ1n) is 8.72.